The number of hydrogen-bond acceptors (Lipinski definition) is 5. The number of rotatable bonds is 6. The van der Waals surface area contributed by atoms with Crippen LogP contribution in [0.25, 0.3) is 0 Å². The van der Waals surface area contributed by atoms with Crippen LogP contribution in [0.1, 0.15) is 35.0 Å². The highest BCUT2D eigenvalue weighted by molar-refractivity contribution is 7.11. The number of guanidine groups is 1. The van der Waals surface area contributed by atoms with Gasteiger partial charge in [0.15, 0.2) is 17.5 Å². The summed E-state index contributed by atoms with van der Waals surface area (Å²) in [5.41, 5.74) is 2.13. The number of benzene rings is 1. The molecule has 2 aromatic rings. The number of para-hydroxylation sites is 1. The third-order valence-corrected chi connectivity index (χ3v) is 5.48. The zero-order valence-corrected chi connectivity index (χ0v) is 17.5. The van der Waals surface area contributed by atoms with E-state index in [1.54, 1.807) is 18.4 Å². The van der Waals surface area contributed by atoms with Gasteiger partial charge in [-0.05, 0) is 33.8 Å². The molecule has 2 N–H and O–H groups in total. The number of fused-ring (bicyclic) bond motifs is 1. The first-order valence-corrected chi connectivity index (χ1v) is 10.0. The third kappa shape index (κ3) is 4.91. The lowest BCUT2D eigenvalue weighted by molar-refractivity contribution is 0.132. The third-order valence-electron chi connectivity index (χ3n) is 4.41. The molecule has 0 amide bonds. The molecule has 6 nitrogen and oxygen atoms in total. The van der Waals surface area contributed by atoms with Crippen molar-refractivity contribution < 1.29 is 9.47 Å². The first kappa shape index (κ1) is 19.5. The molecule has 0 bridgehead atoms. The topological polar surface area (TPSA) is 67.8 Å². The molecule has 146 valence electrons. The molecule has 0 saturated heterocycles. The molecule has 1 aromatic heterocycles. The lowest BCUT2D eigenvalue weighted by atomic mass is 10.0. The molecule has 1 aliphatic rings. The van der Waals surface area contributed by atoms with Crippen molar-refractivity contribution in [2.45, 2.75) is 46.3 Å². The maximum absolute atomic E-state index is 6.04. The normalized spacial score (nSPS) is 15.2. The monoisotopic (exact) mass is 388 g/mol. The molecule has 0 unspecified atom stereocenters. The van der Waals surface area contributed by atoms with Gasteiger partial charge in [0.05, 0.1) is 18.8 Å². The summed E-state index contributed by atoms with van der Waals surface area (Å²) < 4.78 is 12.0. The van der Waals surface area contributed by atoms with E-state index in [1.165, 1.54) is 10.4 Å². The first-order chi connectivity index (χ1) is 12.9. The second-order valence-corrected chi connectivity index (χ2v) is 8.52. The summed E-state index contributed by atoms with van der Waals surface area (Å²) >= 11 is 1.71. The van der Waals surface area contributed by atoms with Crippen molar-refractivity contribution in [3.05, 3.63) is 39.3 Å². The number of nitrogens with zero attached hydrogens (tertiary/aromatic N) is 2. The maximum Gasteiger partial charge on any atom is 0.191 e. The summed E-state index contributed by atoms with van der Waals surface area (Å²) in [6.07, 6.45) is 0.907. The van der Waals surface area contributed by atoms with E-state index in [-0.39, 0.29) is 5.60 Å². The number of thiazole rings is 1. The molecule has 0 saturated carbocycles. The minimum atomic E-state index is -0.168. The SMILES string of the molecule is CN=C(NCCOc1cccc2c1OC(C)(C)C2)NCc1nc(C)c(C)s1. The summed E-state index contributed by atoms with van der Waals surface area (Å²) in [6.45, 7) is 10.1. The molecule has 1 aromatic carbocycles. The Hall–Kier alpha value is -2.28. The molecule has 0 fully saturated rings. The van der Waals surface area contributed by atoms with E-state index in [0.717, 1.165) is 34.6 Å². The molecular weight excluding hydrogens is 360 g/mol. The Morgan fingerprint density at radius 3 is 2.85 bits per heavy atom. The minimum absolute atomic E-state index is 0.168. The largest absolute Gasteiger partial charge is 0.488 e. The van der Waals surface area contributed by atoms with E-state index >= 15 is 0 Å². The van der Waals surface area contributed by atoms with Gasteiger partial charge in [0, 0.05) is 23.9 Å². The molecule has 0 aliphatic carbocycles. The zero-order valence-electron chi connectivity index (χ0n) is 16.7. The number of nitrogens with one attached hydrogen (secondary N) is 2. The summed E-state index contributed by atoms with van der Waals surface area (Å²) in [5.74, 6) is 2.41. The van der Waals surface area contributed by atoms with Crippen molar-refractivity contribution in [3.63, 3.8) is 0 Å². The molecule has 0 spiro atoms. The van der Waals surface area contributed by atoms with Crippen molar-refractivity contribution in [2.24, 2.45) is 4.99 Å². The molecule has 27 heavy (non-hydrogen) atoms. The van der Waals surface area contributed by atoms with Gasteiger partial charge in [-0.1, -0.05) is 12.1 Å². The van der Waals surface area contributed by atoms with E-state index in [0.29, 0.717) is 19.7 Å². The predicted octanol–water partition coefficient (Wildman–Crippen LogP) is 3.22. The summed E-state index contributed by atoms with van der Waals surface area (Å²) in [5, 5.41) is 7.61. The second-order valence-electron chi connectivity index (χ2n) is 7.23. The van der Waals surface area contributed by atoms with E-state index in [2.05, 4.69) is 47.4 Å². The van der Waals surface area contributed by atoms with Crippen LogP contribution in [0, 0.1) is 13.8 Å². The van der Waals surface area contributed by atoms with Gasteiger partial charge in [0.1, 0.15) is 17.2 Å². The number of aliphatic imine (C=N–C) groups is 1. The minimum Gasteiger partial charge on any atom is -0.488 e. The molecule has 0 atom stereocenters. The van der Waals surface area contributed by atoms with Gasteiger partial charge in [-0.3, -0.25) is 4.99 Å². The van der Waals surface area contributed by atoms with Crippen molar-refractivity contribution in [1.29, 1.82) is 0 Å². The summed E-state index contributed by atoms with van der Waals surface area (Å²) in [6, 6.07) is 6.08. The smallest absolute Gasteiger partial charge is 0.191 e. The summed E-state index contributed by atoms with van der Waals surface area (Å²) in [4.78, 5) is 10.0. The molecule has 0 radical (unpaired) electrons. The number of ether oxygens (including phenoxy) is 2. The Bertz CT molecular complexity index is 810. The van der Waals surface area contributed by atoms with Crippen LogP contribution in [0.15, 0.2) is 23.2 Å². The Morgan fingerprint density at radius 2 is 2.15 bits per heavy atom. The highest BCUT2D eigenvalue weighted by Crippen LogP contribution is 2.41. The zero-order chi connectivity index (χ0) is 19.4. The molecule has 2 heterocycles. The van der Waals surface area contributed by atoms with Crippen LogP contribution in [0.4, 0.5) is 0 Å². The van der Waals surface area contributed by atoms with Gasteiger partial charge in [-0.15, -0.1) is 11.3 Å². The van der Waals surface area contributed by atoms with E-state index in [4.69, 9.17) is 9.47 Å². The van der Waals surface area contributed by atoms with Gasteiger partial charge in [-0.2, -0.15) is 0 Å². The van der Waals surface area contributed by atoms with Crippen LogP contribution in [0.3, 0.4) is 0 Å². The van der Waals surface area contributed by atoms with Crippen LogP contribution < -0.4 is 20.1 Å². The van der Waals surface area contributed by atoms with E-state index in [9.17, 15) is 0 Å². The number of hydrogen-bond donors (Lipinski definition) is 2. The van der Waals surface area contributed by atoms with Crippen molar-refractivity contribution in [2.75, 3.05) is 20.2 Å². The first-order valence-electron chi connectivity index (χ1n) is 9.19. The number of aryl methyl sites for hydroxylation is 2. The molecular formula is C20H28N4O2S. The van der Waals surface area contributed by atoms with Gasteiger partial charge in [0.2, 0.25) is 0 Å². The fraction of sp³-hybridized carbons (Fsp3) is 0.500. The average molecular weight is 389 g/mol. The standard InChI is InChI=1S/C20H28N4O2S/c1-13-14(2)27-17(24-13)12-23-19(21-5)22-9-10-25-16-8-6-7-15-11-20(3,4)26-18(15)16/h6-8H,9-12H2,1-5H3,(H2,21,22,23). The highest BCUT2D eigenvalue weighted by atomic mass is 32.1. The van der Waals surface area contributed by atoms with Gasteiger partial charge in [0.25, 0.3) is 0 Å². The van der Waals surface area contributed by atoms with Crippen molar-refractivity contribution in [1.82, 2.24) is 15.6 Å². The Balaban J connectivity index is 1.45. The van der Waals surface area contributed by atoms with Crippen LogP contribution >= 0.6 is 11.3 Å². The van der Waals surface area contributed by atoms with Crippen molar-refractivity contribution >= 4 is 17.3 Å². The lowest BCUT2D eigenvalue weighted by Crippen LogP contribution is -2.38. The van der Waals surface area contributed by atoms with E-state index < -0.39 is 0 Å². The fourth-order valence-electron chi connectivity index (χ4n) is 3.03. The van der Waals surface area contributed by atoms with Gasteiger partial charge >= 0.3 is 0 Å². The second kappa shape index (κ2) is 8.17. The molecule has 3 rings (SSSR count). The fourth-order valence-corrected chi connectivity index (χ4v) is 3.90. The van der Waals surface area contributed by atoms with Crippen LogP contribution in [0.5, 0.6) is 11.5 Å². The van der Waals surface area contributed by atoms with Crippen LogP contribution in [-0.2, 0) is 13.0 Å². The Morgan fingerprint density at radius 1 is 1.33 bits per heavy atom. The van der Waals surface area contributed by atoms with Crippen LogP contribution in [-0.4, -0.2) is 36.7 Å². The van der Waals surface area contributed by atoms with E-state index in [1.807, 2.05) is 19.1 Å². The van der Waals surface area contributed by atoms with Crippen molar-refractivity contribution in [3.8, 4) is 11.5 Å². The summed E-state index contributed by atoms with van der Waals surface area (Å²) in [7, 11) is 1.76. The van der Waals surface area contributed by atoms with Gasteiger partial charge in [-0.25, -0.2) is 4.98 Å². The maximum atomic E-state index is 6.04. The quantitative estimate of drug-likeness (QED) is 0.452. The van der Waals surface area contributed by atoms with Crippen LogP contribution in [0.2, 0.25) is 0 Å². The Kier molecular flexibility index (Phi) is 5.89. The predicted molar refractivity (Wildman–Crippen MR) is 110 cm³/mol. The lowest BCUT2D eigenvalue weighted by Gasteiger charge is -2.18. The number of aromatic nitrogens is 1. The molecule has 7 heteroatoms. The molecule has 1 aliphatic heterocycles. The Labute approximate surface area is 165 Å². The average Bonchev–Trinajstić information content (AvgIpc) is 3.11. The highest BCUT2D eigenvalue weighted by Gasteiger charge is 2.32. The van der Waals surface area contributed by atoms with Gasteiger partial charge < -0.3 is 20.1 Å².